The Labute approximate surface area is 162 Å². The summed E-state index contributed by atoms with van der Waals surface area (Å²) in [6, 6.07) is 9.49. The average molecular weight is 429 g/mol. The number of barbiturate groups is 1. The fraction of sp³-hybridized carbons (Fsp3) is 0.105. The number of anilines is 1. The molecule has 0 unspecified atom stereocenters. The number of fused-ring (bicyclic) bond motifs is 1. The van der Waals surface area contributed by atoms with Crippen molar-refractivity contribution in [3.05, 3.63) is 57.6 Å². The Morgan fingerprint density at radius 2 is 1.85 bits per heavy atom. The van der Waals surface area contributed by atoms with E-state index in [2.05, 4.69) is 21.2 Å². The van der Waals surface area contributed by atoms with Gasteiger partial charge in [0.25, 0.3) is 11.8 Å². The molecule has 1 fully saturated rings. The highest BCUT2D eigenvalue weighted by Gasteiger charge is 2.37. The van der Waals surface area contributed by atoms with E-state index in [9.17, 15) is 14.4 Å². The number of hydrogen-bond donors (Lipinski definition) is 1. The highest BCUT2D eigenvalue weighted by Crippen LogP contribution is 2.38. The third-order valence-corrected chi connectivity index (χ3v) is 4.84. The quantitative estimate of drug-likeness (QED) is 0.586. The predicted octanol–water partition coefficient (Wildman–Crippen LogP) is 3.15. The number of rotatable bonds is 2. The summed E-state index contributed by atoms with van der Waals surface area (Å²) in [5, 5.41) is 2.21. The summed E-state index contributed by atoms with van der Waals surface area (Å²) >= 11 is 3.39. The second-order valence-corrected chi connectivity index (χ2v) is 6.88. The van der Waals surface area contributed by atoms with E-state index in [1.807, 2.05) is 13.0 Å². The van der Waals surface area contributed by atoms with Crippen molar-refractivity contribution < 1.29 is 23.9 Å². The molecule has 2 aromatic rings. The summed E-state index contributed by atoms with van der Waals surface area (Å²) in [6.07, 6.45) is 1.42. The van der Waals surface area contributed by atoms with E-state index in [1.165, 1.54) is 6.08 Å². The molecule has 0 radical (unpaired) electrons. The van der Waals surface area contributed by atoms with E-state index in [0.717, 1.165) is 10.5 Å². The monoisotopic (exact) mass is 428 g/mol. The number of ether oxygens (including phenoxy) is 2. The number of aryl methyl sites for hydroxylation is 1. The van der Waals surface area contributed by atoms with Crippen LogP contribution in [-0.4, -0.2) is 24.6 Å². The van der Waals surface area contributed by atoms with Crippen LogP contribution in [0.3, 0.4) is 0 Å². The van der Waals surface area contributed by atoms with Gasteiger partial charge in [0.1, 0.15) is 5.57 Å². The molecule has 4 rings (SSSR count). The highest BCUT2D eigenvalue weighted by molar-refractivity contribution is 9.10. The molecule has 2 aliphatic heterocycles. The van der Waals surface area contributed by atoms with E-state index >= 15 is 0 Å². The predicted molar refractivity (Wildman–Crippen MR) is 100 cm³/mol. The Morgan fingerprint density at radius 3 is 2.59 bits per heavy atom. The van der Waals surface area contributed by atoms with Crippen LogP contribution in [0.25, 0.3) is 6.08 Å². The Kier molecular flexibility index (Phi) is 4.19. The lowest BCUT2D eigenvalue weighted by molar-refractivity contribution is -0.122. The van der Waals surface area contributed by atoms with Crippen molar-refractivity contribution in [3.63, 3.8) is 0 Å². The standard InChI is InChI=1S/C19H13BrN2O5/c1-10-3-2-4-12(5-10)22-18(24)13(17(23)21-19(22)25)6-11-7-15-16(8-14(11)20)27-9-26-15/h2-8H,9H2,1H3,(H,21,23,25)/b13-6+. The summed E-state index contributed by atoms with van der Waals surface area (Å²) < 4.78 is 11.3. The molecule has 136 valence electrons. The van der Waals surface area contributed by atoms with Gasteiger partial charge in [-0.3, -0.25) is 14.9 Å². The van der Waals surface area contributed by atoms with Gasteiger partial charge in [0.05, 0.1) is 5.69 Å². The van der Waals surface area contributed by atoms with Gasteiger partial charge in [0.2, 0.25) is 6.79 Å². The number of nitrogens with zero attached hydrogens (tertiary/aromatic N) is 1. The lowest BCUT2D eigenvalue weighted by atomic mass is 10.1. The third kappa shape index (κ3) is 3.08. The van der Waals surface area contributed by atoms with Gasteiger partial charge in [-0.25, -0.2) is 9.69 Å². The van der Waals surface area contributed by atoms with E-state index in [4.69, 9.17) is 9.47 Å². The SMILES string of the molecule is Cc1cccc(N2C(=O)NC(=O)/C(=C\c3cc4c(cc3Br)OCO4)C2=O)c1. The van der Waals surface area contributed by atoms with Crippen molar-refractivity contribution in [1.29, 1.82) is 0 Å². The molecule has 7 nitrogen and oxygen atoms in total. The molecule has 2 aliphatic rings. The van der Waals surface area contributed by atoms with Crippen LogP contribution in [0.4, 0.5) is 10.5 Å². The fourth-order valence-corrected chi connectivity index (χ4v) is 3.29. The molecule has 0 saturated carbocycles. The molecule has 0 spiro atoms. The van der Waals surface area contributed by atoms with Crippen molar-refractivity contribution in [3.8, 4) is 11.5 Å². The first kappa shape index (κ1) is 17.3. The summed E-state index contributed by atoms with van der Waals surface area (Å²) in [5.41, 5.74) is 1.67. The molecule has 0 atom stereocenters. The van der Waals surface area contributed by atoms with Gasteiger partial charge in [-0.15, -0.1) is 0 Å². The second-order valence-electron chi connectivity index (χ2n) is 6.02. The van der Waals surface area contributed by atoms with Gasteiger partial charge in [0, 0.05) is 4.47 Å². The van der Waals surface area contributed by atoms with Gasteiger partial charge in [0.15, 0.2) is 11.5 Å². The van der Waals surface area contributed by atoms with E-state index in [1.54, 1.807) is 30.3 Å². The number of amides is 4. The molecule has 0 aliphatic carbocycles. The van der Waals surface area contributed by atoms with Crippen molar-refractivity contribution in [2.24, 2.45) is 0 Å². The van der Waals surface area contributed by atoms with Crippen molar-refractivity contribution in [1.82, 2.24) is 5.32 Å². The van der Waals surface area contributed by atoms with Crippen molar-refractivity contribution in [2.45, 2.75) is 6.92 Å². The zero-order chi connectivity index (χ0) is 19.1. The van der Waals surface area contributed by atoms with Gasteiger partial charge in [-0.2, -0.15) is 0 Å². The molecule has 0 aromatic heterocycles. The van der Waals surface area contributed by atoms with Crippen LogP contribution < -0.4 is 19.7 Å². The van der Waals surface area contributed by atoms with Gasteiger partial charge in [-0.05, 0) is 48.4 Å². The first-order chi connectivity index (χ1) is 12.9. The normalized spacial score (nSPS) is 17.5. The highest BCUT2D eigenvalue weighted by atomic mass is 79.9. The number of hydrogen-bond acceptors (Lipinski definition) is 5. The Balaban J connectivity index is 1.76. The van der Waals surface area contributed by atoms with Crippen LogP contribution in [-0.2, 0) is 9.59 Å². The maximum atomic E-state index is 12.9. The number of urea groups is 1. The van der Waals surface area contributed by atoms with Crippen LogP contribution in [0, 0.1) is 6.92 Å². The van der Waals surface area contributed by atoms with Crippen LogP contribution in [0.15, 0.2) is 46.4 Å². The van der Waals surface area contributed by atoms with Crippen LogP contribution in [0.1, 0.15) is 11.1 Å². The van der Waals surface area contributed by atoms with Gasteiger partial charge >= 0.3 is 6.03 Å². The number of halogens is 1. The van der Waals surface area contributed by atoms with Crippen molar-refractivity contribution >= 4 is 45.5 Å². The molecular formula is C19H13BrN2O5. The van der Waals surface area contributed by atoms with Gasteiger partial charge < -0.3 is 9.47 Å². The minimum atomic E-state index is -0.780. The molecule has 0 bridgehead atoms. The lowest BCUT2D eigenvalue weighted by Gasteiger charge is -2.26. The maximum Gasteiger partial charge on any atom is 0.335 e. The lowest BCUT2D eigenvalue weighted by Crippen LogP contribution is -2.54. The molecule has 27 heavy (non-hydrogen) atoms. The van der Waals surface area contributed by atoms with E-state index < -0.39 is 17.8 Å². The Morgan fingerprint density at radius 1 is 1.11 bits per heavy atom. The smallest absolute Gasteiger partial charge is 0.335 e. The largest absolute Gasteiger partial charge is 0.454 e. The first-order valence-corrected chi connectivity index (χ1v) is 8.80. The minimum Gasteiger partial charge on any atom is -0.454 e. The van der Waals surface area contributed by atoms with Crippen LogP contribution in [0.5, 0.6) is 11.5 Å². The second kappa shape index (κ2) is 6.55. The van der Waals surface area contributed by atoms with Crippen molar-refractivity contribution in [2.75, 3.05) is 11.7 Å². The van der Waals surface area contributed by atoms with Gasteiger partial charge in [-0.1, -0.05) is 28.1 Å². The molecule has 2 heterocycles. The number of benzene rings is 2. The summed E-state index contributed by atoms with van der Waals surface area (Å²) in [6.45, 7) is 1.96. The Hall–Kier alpha value is -3.13. The molecule has 1 saturated heterocycles. The number of imide groups is 2. The summed E-state index contributed by atoms with van der Waals surface area (Å²) in [4.78, 5) is 38.4. The zero-order valence-electron chi connectivity index (χ0n) is 14.1. The first-order valence-electron chi connectivity index (χ1n) is 8.01. The Bertz CT molecular complexity index is 1030. The number of carbonyl (C=O) groups is 3. The molecule has 8 heteroatoms. The third-order valence-electron chi connectivity index (χ3n) is 4.15. The zero-order valence-corrected chi connectivity index (χ0v) is 15.7. The van der Waals surface area contributed by atoms with Crippen LogP contribution >= 0.6 is 15.9 Å². The molecule has 2 aromatic carbocycles. The molecule has 1 N–H and O–H groups in total. The summed E-state index contributed by atoms with van der Waals surface area (Å²) in [5.74, 6) is -0.363. The maximum absolute atomic E-state index is 12.9. The number of carbonyl (C=O) groups excluding carboxylic acids is 3. The fourth-order valence-electron chi connectivity index (χ4n) is 2.86. The molecular weight excluding hydrogens is 416 g/mol. The van der Waals surface area contributed by atoms with Crippen LogP contribution in [0.2, 0.25) is 0 Å². The topological polar surface area (TPSA) is 84.9 Å². The average Bonchev–Trinajstić information content (AvgIpc) is 3.05. The minimum absolute atomic E-state index is 0.108. The van der Waals surface area contributed by atoms with E-state index in [-0.39, 0.29) is 12.4 Å². The number of nitrogens with one attached hydrogen (secondary N) is 1. The van der Waals surface area contributed by atoms with E-state index in [0.29, 0.717) is 27.2 Å². The summed E-state index contributed by atoms with van der Waals surface area (Å²) in [7, 11) is 0. The molecule has 4 amide bonds.